The molecule has 0 spiro atoms. The van der Waals surface area contributed by atoms with Crippen LogP contribution in [0.3, 0.4) is 0 Å². The molecule has 2 aromatic rings. The van der Waals surface area contributed by atoms with Crippen LogP contribution in [0.25, 0.3) is 11.3 Å². The molecule has 1 N–H and O–H groups in total. The number of carbonyl (C=O) groups excluding carboxylic acids is 1. The normalized spacial score (nSPS) is 17.7. The molecule has 2 heterocycles. The van der Waals surface area contributed by atoms with E-state index in [4.69, 9.17) is 23.2 Å². The van der Waals surface area contributed by atoms with Crippen molar-refractivity contribution in [3.8, 4) is 11.3 Å². The van der Waals surface area contributed by atoms with Crippen molar-refractivity contribution in [3.63, 3.8) is 0 Å². The maximum Gasteiger partial charge on any atom is 0.223 e. The molecular formula is C22H28Cl2N4O. The number of piperidine rings is 1. The second-order valence-electron chi connectivity index (χ2n) is 8.04. The summed E-state index contributed by atoms with van der Waals surface area (Å²) >= 11 is 13.1. The second-order valence-corrected chi connectivity index (χ2v) is 8.79. The van der Waals surface area contributed by atoms with Gasteiger partial charge in [-0.05, 0) is 58.3 Å². The fourth-order valence-corrected chi connectivity index (χ4v) is 4.45. The molecule has 1 fully saturated rings. The van der Waals surface area contributed by atoms with Crippen LogP contribution in [-0.4, -0.2) is 40.9 Å². The van der Waals surface area contributed by atoms with Gasteiger partial charge >= 0.3 is 0 Å². The van der Waals surface area contributed by atoms with E-state index in [1.54, 1.807) is 12.4 Å². The largest absolute Gasteiger partial charge is 0.349 e. The molecule has 7 heteroatoms. The Morgan fingerprint density at radius 3 is 2.52 bits per heavy atom. The molecular weight excluding hydrogens is 407 g/mol. The Morgan fingerprint density at radius 1 is 1.17 bits per heavy atom. The lowest BCUT2D eigenvalue weighted by Crippen LogP contribution is -2.39. The lowest BCUT2D eigenvalue weighted by atomic mass is 9.85. The monoisotopic (exact) mass is 434 g/mol. The average Bonchev–Trinajstić information content (AvgIpc) is 2.69. The van der Waals surface area contributed by atoms with E-state index in [0.29, 0.717) is 21.7 Å². The first-order valence-electron chi connectivity index (χ1n) is 10.0. The third-order valence-electron chi connectivity index (χ3n) is 5.85. The number of aromatic nitrogens is 2. The lowest BCUT2D eigenvalue weighted by Gasteiger charge is -2.32. The molecule has 0 radical (unpaired) electrons. The predicted octanol–water partition coefficient (Wildman–Crippen LogP) is 4.91. The van der Waals surface area contributed by atoms with Crippen LogP contribution < -0.4 is 5.32 Å². The van der Waals surface area contributed by atoms with E-state index in [-0.39, 0.29) is 17.9 Å². The van der Waals surface area contributed by atoms with Crippen molar-refractivity contribution in [3.05, 3.63) is 45.8 Å². The number of benzene rings is 1. The Balaban J connectivity index is 1.73. The topological polar surface area (TPSA) is 58.1 Å². The van der Waals surface area contributed by atoms with Gasteiger partial charge in [-0.1, -0.05) is 42.3 Å². The first kappa shape index (κ1) is 22.0. The van der Waals surface area contributed by atoms with E-state index >= 15 is 0 Å². The van der Waals surface area contributed by atoms with Crippen LogP contribution >= 0.6 is 23.2 Å². The van der Waals surface area contributed by atoms with E-state index < -0.39 is 0 Å². The smallest absolute Gasteiger partial charge is 0.223 e. The number of hydrogen-bond acceptors (Lipinski definition) is 4. The predicted molar refractivity (Wildman–Crippen MR) is 118 cm³/mol. The van der Waals surface area contributed by atoms with Crippen molar-refractivity contribution in [2.24, 2.45) is 11.8 Å². The van der Waals surface area contributed by atoms with Crippen LogP contribution in [0.2, 0.25) is 10.0 Å². The van der Waals surface area contributed by atoms with Gasteiger partial charge in [0.15, 0.2) is 0 Å². The van der Waals surface area contributed by atoms with E-state index in [1.165, 1.54) is 0 Å². The fraction of sp³-hybridized carbons (Fsp3) is 0.500. The van der Waals surface area contributed by atoms with Gasteiger partial charge in [0.05, 0.1) is 33.7 Å². The molecule has 3 rings (SSSR count). The minimum atomic E-state index is -0.237. The molecule has 156 valence electrons. The van der Waals surface area contributed by atoms with Gasteiger partial charge in [-0.25, -0.2) is 4.98 Å². The molecule has 2 atom stereocenters. The highest BCUT2D eigenvalue weighted by Gasteiger charge is 2.28. The van der Waals surface area contributed by atoms with Crippen molar-refractivity contribution in [2.45, 2.75) is 39.7 Å². The summed E-state index contributed by atoms with van der Waals surface area (Å²) in [5.74, 6) is 0.454. The van der Waals surface area contributed by atoms with Gasteiger partial charge < -0.3 is 10.2 Å². The van der Waals surface area contributed by atoms with Crippen LogP contribution in [0.4, 0.5) is 0 Å². The number of nitrogens with one attached hydrogen (secondary N) is 1. The maximum absolute atomic E-state index is 12.8. The van der Waals surface area contributed by atoms with Crippen LogP contribution in [0.5, 0.6) is 0 Å². The molecule has 0 saturated carbocycles. The highest BCUT2D eigenvalue weighted by Crippen LogP contribution is 2.37. The van der Waals surface area contributed by atoms with Gasteiger partial charge in [0.25, 0.3) is 0 Å². The van der Waals surface area contributed by atoms with Gasteiger partial charge in [-0.3, -0.25) is 9.78 Å². The van der Waals surface area contributed by atoms with Crippen LogP contribution in [0.15, 0.2) is 24.5 Å². The molecule has 1 aliphatic heterocycles. The molecule has 5 nitrogen and oxygen atoms in total. The first-order valence-corrected chi connectivity index (χ1v) is 10.8. The number of carbonyl (C=O) groups is 1. The summed E-state index contributed by atoms with van der Waals surface area (Å²) in [6, 6.07) is 3.55. The van der Waals surface area contributed by atoms with E-state index in [1.807, 2.05) is 32.9 Å². The Hall–Kier alpha value is -1.69. The Bertz CT molecular complexity index is 881. The minimum absolute atomic E-state index is 0.0257. The van der Waals surface area contributed by atoms with Crippen molar-refractivity contribution in [1.29, 1.82) is 0 Å². The average molecular weight is 435 g/mol. The van der Waals surface area contributed by atoms with Gasteiger partial charge in [0, 0.05) is 17.7 Å². The highest BCUT2D eigenvalue weighted by molar-refractivity contribution is 6.44. The summed E-state index contributed by atoms with van der Waals surface area (Å²) in [6.45, 7) is 7.92. The molecule has 1 aliphatic rings. The summed E-state index contributed by atoms with van der Waals surface area (Å²) < 4.78 is 0. The zero-order valence-electron chi connectivity index (χ0n) is 17.4. The van der Waals surface area contributed by atoms with Crippen molar-refractivity contribution in [2.75, 3.05) is 20.1 Å². The Kier molecular flexibility index (Phi) is 7.14. The molecule has 0 bridgehead atoms. The van der Waals surface area contributed by atoms with Crippen molar-refractivity contribution in [1.82, 2.24) is 20.2 Å². The summed E-state index contributed by atoms with van der Waals surface area (Å²) in [5.41, 5.74) is 3.01. The van der Waals surface area contributed by atoms with E-state index in [2.05, 4.69) is 27.2 Å². The quantitative estimate of drug-likeness (QED) is 0.725. The summed E-state index contributed by atoms with van der Waals surface area (Å²) in [7, 11) is 2.13. The van der Waals surface area contributed by atoms with Crippen molar-refractivity contribution >= 4 is 29.1 Å². The van der Waals surface area contributed by atoms with Gasteiger partial charge in [-0.15, -0.1) is 0 Å². The third kappa shape index (κ3) is 5.08. The van der Waals surface area contributed by atoms with E-state index in [9.17, 15) is 4.79 Å². The SMILES string of the molecule is Cc1cncc(-c2ccc(C(C)NC(=O)C(C)C3CCN(C)CC3)c(Cl)c2Cl)n1. The minimum Gasteiger partial charge on any atom is -0.349 e. The Morgan fingerprint density at radius 2 is 1.86 bits per heavy atom. The molecule has 1 saturated heterocycles. The summed E-state index contributed by atoms with van der Waals surface area (Å²) in [6.07, 6.45) is 5.46. The van der Waals surface area contributed by atoms with Crippen LogP contribution in [0.1, 0.15) is 44.0 Å². The second kappa shape index (κ2) is 9.41. The lowest BCUT2D eigenvalue weighted by molar-refractivity contribution is -0.127. The number of rotatable bonds is 5. The van der Waals surface area contributed by atoms with Gasteiger partial charge in [0.1, 0.15) is 0 Å². The molecule has 1 aromatic carbocycles. The van der Waals surface area contributed by atoms with Gasteiger partial charge in [0.2, 0.25) is 5.91 Å². The zero-order valence-corrected chi connectivity index (χ0v) is 18.9. The van der Waals surface area contributed by atoms with Crippen LogP contribution in [0, 0.1) is 18.8 Å². The fourth-order valence-electron chi connectivity index (χ4n) is 3.86. The number of aryl methyl sites for hydroxylation is 1. The molecule has 1 amide bonds. The molecule has 1 aromatic heterocycles. The number of hydrogen-bond donors (Lipinski definition) is 1. The maximum atomic E-state index is 12.8. The van der Waals surface area contributed by atoms with Gasteiger partial charge in [-0.2, -0.15) is 0 Å². The summed E-state index contributed by atoms with van der Waals surface area (Å²) in [4.78, 5) is 23.8. The number of likely N-dealkylation sites (tertiary alicyclic amines) is 1. The molecule has 2 unspecified atom stereocenters. The van der Waals surface area contributed by atoms with Crippen molar-refractivity contribution < 1.29 is 4.79 Å². The number of nitrogens with zero attached hydrogens (tertiary/aromatic N) is 3. The van der Waals surface area contributed by atoms with E-state index in [0.717, 1.165) is 42.8 Å². The molecule has 0 aliphatic carbocycles. The third-order valence-corrected chi connectivity index (χ3v) is 6.75. The molecule has 29 heavy (non-hydrogen) atoms. The van der Waals surface area contributed by atoms with Crippen LogP contribution in [-0.2, 0) is 4.79 Å². The number of halogens is 2. The highest BCUT2D eigenvalue weighted by atomic mass is 35.5. The first-order chi connectivity index (χ1) is 13.8. The summed E-state index contributed by atoms with van der Waals surface area (Å²) in [5, 5.41) is 3.98. The zero-order chi connectivity index (χ0) is 21.1. The standard InChI is InChI=1S/C22H28Cl2N4O/c1-13-11-25-12-19(26-13)18-6-5-17(20(23)21(18)24)15(3)27-22(29)14(2)16-7-9-28(4)10-8-16/h5-6,11-12,14-16H,7-10H2,1-4H3,(H,27,29). The number of amides is 1. The Labute approximate surface area is 182 Å².